The summed E-state index contributed by atoms with van der Waals surface area (Å²) in [5.74, 6) is 0. The van der Waals surface area contributed by atoms with Crippen molar-refractivity contribution < 1.29 is 0 Å². The second kappa shape index (κ2) is 7.03. The molecule has 2 aliphatic heterocycles. The number of aromatic nitrogens is 1. The van der Waals surface area contributed by atoms with Crippen LogP contribution in [-0.2, 0) is 0 Å². The van der Waals surface area contributed by atoms with E-state index in [1.165, 1.54) is 61.4 Å². The first-order chi connectivity index (χ1) is 17.3. The van der Waals surface area contributed by atoms with Gasteiger partial charge in [0.05, 0.1) is 28.1 Å². The van der Waals surface area contributed by atoms with Crippen molar-refractivity contribution in [3.8, 4) is 16.8 Å². The van der Waals surface area contributed by atoms with Gasteiger partial charge in [-0.25, -0.2) is 0 Å². The van der Waals surface area contributed by atoms with Crippen LogP contribution < -0.4 is 15.5 Å². The SMILES string of the molecule is C1=CC2=C(CC1)NC1Nc3ccc(-c4ccc5c(c4)c4ccccc4n5-c4ccccc4)cc3N21. The van der Waals surface area contributed by atoms with E-state index in [9.17, 15) is 0 Å². The van der Waals surface area contributed by atoms with E-state index in [0.29, 0.717) is 0 Å². The lowest BCUT2D eigenvalue weighted by molar-refractivity contribution is 0.682. The molecule has 0 saturated carbocycles. The predicted octanol–water partition coefficient (Wildman–Crippen LogP) is 7.13. The van der Waals surface area contributed by atoms with Crippen molar-refractivity contribution in [2.45, 2.75) is 19.1 Å². The van der Waals surface area contributed by atoms with E-state index in [4.69, 9.17) is 0 Å². The molecule has 4 heteroatoms. The average molecular weight is 453 g/mol. The van der Waals surface area contributed by atoms with Crippen LogP contribution in [-0.4, -0.2) is 10.9 Å². The number of nitrogens with one attached hydrogen (secondary N) is 2. The Labute approximate surface area is 203 Å². The van der Waals surface area contributed by atoms with Gasteiger partial charge in [-0.3, -0.25) is 4.90 Å². The molecule has 1 aliphatic carbocycles. The third kappa shape index (κ3) is 2.68. The van der Waals surface area contributed by atoms with Crippen LogP contribution >= 0.6 is 0 Å². The fraction of sp³-hybridized carbons (Fsp3) is 0.0968. The Morgan fingerprint density at radius 2 is 1.51 bits per heavy atom. The minimum Gasteiger partial charge on any atom is -0.350 e. The predicted molar refractivity (Wildman–Crippen MR) is 145 cm³/mol. The zero-order valence-corrected chi connectivity index (χ0v) is 19.2. The van der Waals surface area contributed by atoms with Gasteiger partial charge in [-0.05, 0) is 72.5 Å². The molecule has 5 aromatic rings. The van der Waals surface area contributed by atoms with Gasteiger partial charge in [0.15, 0.2) is 6.29 Å². The Morgan fingerprint density at radius 3 is 2.46 bits per heavy atom. The first kappa shape index (κ1) is 18.9. The van der Waals surface area contributed by atoms with Crippen molar-refractivity contribution >= 4 is 33.2 Å². The number of para-hydroxylation sites is 2. The highest BCUT2D eigenvalue weighted by atomic mass is 15.5. The molecule has 0 amide bonds. The average Bonchev–Trinajstić information content (AvgIpc) is 3.56. The maximum absolute atomic E-state index is 3.66. The number of hydrogen-bond acceptors (Lipinski definition) is 3. The summed E-state index contributed by atoms with van der Waals surface area (Å²) < 4.78 is 2.37. The first-order valence-electron chi connectivity index (χ1n) is 12.3. The minimum atomic E-state index is 0.110. The van der Waals surface area contributed by atoms with Gasteiger partial charge >= 0.3 is 0 Å². The summed E-state index contributed by atoms with van der Waals surface area (Å²) in [7, 11) is 0. The van der Waals surface area contributed by atoms with Crippen LogP contribution in [0.3, 0.4) is 0 Å². The lowest BCUT2D eigenvalue weighted by Crippen LogP contribution is -2.38. The molecule has 3 heterocycles. The van der Waals surface area contributed by atoms with Crippen LogP contribution in [0.4, 0.5) is 11.4 Å². The van der Waals surface area contributed by atoms with E-state index in [0.717, 1.165) is 12.8 Å². The van der Waals surface area contributed by atoms with E-state index in [-0.39, 0.29) is 6.29 Å². The number of allylic oxidation sites excluding steroid dienone is 3. The summed E-state index contributed by atoms with van der Waals surface area (Å²) in [6, 6.07) is 33.0. The van der Waals surface area contributed by atoms with E-state index >= 15 is 0 Å². The largest absolute Gasteiger partial charge is 0.350 e. The Kier molecular flexibility index (Phi) is 3.80. The maximum Gasteiger partial charge on any atom is 0.180 e. The van der Waals surface area contributed by atoms with Gasteiger partial charge in [-0.1, -0.05) is 54.6 Å². The van der Waals surface area contributed by atoms with E-state index < -0.39 is 0 Å². The molecular weight excluding hydrogens is 428 g/mol. The fourth-order valence-electron chi connectivity index (χ4n) is 5.95. The van der Waals surface area contributed by atoms with Gasteiger partial charge < -0.3 is 15.2 Å². The smallest absolute Gasteiger partial charge is 0.180 e. The molecule has 1 atom stereocenters. The number of anilines is 2. The molecule has 168 valence electrons. The van der Waals surface area contributed by atoms with Crippen LogP contribution in [0.1, 0.15) is 12.8 Å². The topological polar surface area (TPSA) is 32.2 Å². The molecule has 4 aromatic carbocycles. The van der Waals surface area contributed by atoms with Gasteiger partial charge in [-0.15, -0.1) is 0 Å². The standard InChI is InChI=1S/C31H24N4/c1-2-8-22(9-3-1)34-27-12-6-4-10-23(27)24-18-20(15-17-28(24)34)21-14-16-26-30(19-21)35-29-13-7-5-11-25(29)32-31(35)33-26/h1-4,6-10,12-19,31-33H,5,11H2. The number of rotatable bonds is 2. The molecule has 4 nitrogen and oxygen atoms in total. The quantitative estimate of drug-likeness (QED) is 0.299. The molecule has 2 N–H and O–H groups in total. The summed E-state index contributed by atoms with van der Waals surface area (Å²) in [6.07, 6.45) is 6.84. The maximum atomic E-state index is 3.66. The molecule has 0 radical (unpaired) electrons. The van der Waals surface area contributed by atoms with E-state index in [1.54, 1.807) is 0 Å². The van der Waals surface area contributed by atoms with Crippen molar-refractivity contribution in [3.05, 3.63) is 115 Å². The molecule has 3 aliphatic rings. The molecule has 35 heavy (non-hydrogen) atoms. The Hall–Kier alpha value is -4.44. The highest BCUT2D eigenvalue weighted by Gasteiger charge is 2.38. The van der Waals surface area contributed by atoms with Gasteiger partial charge in [0, 0.05) is 22.2 Å². The minimum absolute atomic E-state index is 0.110. The Bertz CT molecular complexity index is 1710. The van der Waals surface area contributed by atoms with Crippen molar-refractivity contribution in [2.24, 2.45) is 0 Å². The molecule has 0 bridgehead atoms. The molecule has 1 unspecified atom stereocenters. The third-order valence-electron chi connectivity index (χ3n) is 7.54. The van der Waals surface area contributed by atoms with Crippen LogP contribution in [0.25, 0.3) is 38.6 Å². The second-order valence-corrected chi connectivity index (χ2v) is 9.52. The van der Waals surface area contributed by atoms with Gasteiger partial charge in [0.2, 0.25) is 0 Å². The number of benzene rings is 4. The van der Waals surface area contributed by atoms with Crippen molar-refractivity contribution in [1.82, 2.24) is 9.88 Å². The zero-order valence-electron chi connectivity index (χ0n) is 19.2. The van der Waals surface area contributed by atoms with Crippen molar-refractivity contribution in [3.63, 3.8) is 0 Å². The van der Waals surface area contributed by atoms with Crippen molar-refractivity contribution in [1.29, 1.82) is 0 Å². The zero-order chi connectivity index (χ0) is 22.9. The second-order valence-electron chi connectivity index (χ2n) is 9.52. The van der Waals surface area contributed by atoms with Gasteiger partial charge in [0.25, 0.3) is 0 Å². The summed E-state index contributed by atoms with van der Waals surface area (Å²) in [5.41, 5.74) is 11.2. The number of hydrogen-bond donors (Lipinski definition) is 2. The highest BCUT2D eigenvalue weighted by Crippen LogP contribution is 2.44. The molecule has 8 rings (SSSR count). The van der Waals surface area contributed by atoms with Crippen LogP contribution in [0.2, 0.25) is 0 Å². The molecule has 0 saturated heterocycles. The molecule has 1 aromatic heterocycles. The molecule has 0 spiro atoms. The summed E-state index contributed by atoms with van der Waals surface area (Å²) in [4.78, 5) is 2.41. The Morgan fingerprint density at radius 1 is 0.714 bits per heavy atom. The highest BCUT2D eigenvalue weighted by molar-refractivity contribution is 6.10. The lowest BCUT2D eigenvalue weighted by Gasteiger charge is -2.20. The normalized spacial score (nSPS) is 17.9. The monoisotopic (exact) mass is 452 g/mol. The van der Waals surface area contributed by atoms with E-state index in [2.05, 4.69) is 123 Å². The lowest BCUT2D eigenvalue weighted by atomic mass is 10.0. The van der Waals surface area contributed by atoms with E-state index in [1.807, 2.05) is 0 Å². The van der Waals surface area contributed by atoms with Crippen LogP contribution in [0, 0.1) is 0 Å². The molecule has 0 fully saturated rings. The summed E-state index contributed by atoms with van der Waals surface area (Å²) >= 11 is 0. The fourth-order valence-corrected chi connectivity index (χ4v) is 5.95. The van der Waals surface area contributed by atoms with Crippen LogP contribution in [0.5, 0.6) is 0 Å². The Balaban J connectivity index is 1.29. The summed E-state index contributed by atoms with van der Waals surface area (Å²) in [5, 5.41) is 9.87. The van der Waals surface area contributed by atoms with Gasteiger partial charge in [-0.2, -0.15) is 0 Å². The molecular formula is C31H24N4. The van der Waals surface area contributed by atoms with Gasteiger partial charge in [0.1, 0.15) is 0 Å². The third-order valence-corrected chi connectivity index (χ3v) is 7.54. The number of nitrogens with zero attached hydrogens (tertiary/aromatic N) is 2. The summed E-state index contributed by atoms with van der Waals surface area (Å²) in [6.45, 7) is 0. The first-order valence-corrected chi connectivity index (χ1v) is 12.3. The number of fused-ring (bicyclic) bond motifs is 7. The van der Waals surface area contributed by atoms with Crippen LogP contribution in [0.15, 0.2) is 115 Å². The van der Waals surface area contributed by atoms with Crippen molar-refractivity contribution in [2.75, 3.05) is 10.2 Å².